The number of aromatic nitrogens is 4. The average Bonchev–Trinajstić information content (AvgIpc) is 3.05. The number of halogens is 5. The maximum Gasteiger partial charge on any atom is 0.254 e. The fourth-order valence-electron chi connectivity index (χ4n) is 3.84. The van der Waals surface area contributed by atoms with E-state index >= 15 is 0 Å². The Hall–Kier alpha value is -3.45. The van der Waals surface area contributed by atoms with Gasteiger partial charge >= 0.3 is 0 Å². The van der Waals surface area contributed by atoms with Crippen LogP contribution in [-0.4, -0.2) is 74.5 Å². The fraction of sp³-hybridized carbons (Fsp3) is 0.312. The second-order valence-electron chi connectivity index (χ2n) is 9.86. The van der Waals surface area contributed by atoms with Crippen LogP contribution in [0.5, 0.6) is 17.4 Å². The number of hydrogen-bond donors (Lipinski definition) is 3. The summed E-state index contributed by atoms with van der Waals surface area (Å²) in [5, 5.41) is 14.9. The van der Waals surface area contributed by atoms with Crippen molar-refractivity contribution in [2.75, 3.05) is 20.6 Å². The third-order valence-corrected chi connectivity index (χ3v) is 7.27. The van der Waals surface area contributed by atoms with Gasteiger partial charge in [0.2, 0.25) is 16.4 Å². The van der Waals surface area contributed by atoms with E-state index in [2.05, 4.69) is 70.1 Å². The van der Waals surface area contributed by atoms with Crippen LogP contribution in [0.15, 0.2) is 60.9 Å². The normalized spacial score (nSPS) is 10.1. The molecule has 16 heteroatoms. The highest BCUT2D eigenvalue weighted by atomic mass is 35.5. The lowest BCUT2D eigenvalue weighted by molar-refractivity contribution is 0.0952. The van der Waals surface area contributed by atoms with Crippen molar-refractivity contribution < 1.29 is 19.4 Å². The zero-order valence-corrected chi connectivity index (χ0v) is 31.2. The Morgan fingerprint density at radius 2 is 1.25 bits per heavy atom. The minimum absolute atomic E-state index is 0.00634. The quantitative estimate of drug-likeness (QED) is 0.125. The van der Waals surface area contributed by atoms with E-state index in [0.717, 1.165) is 6.54 Å². The highest BCUT2D eigenvalue weighted by Gasteiger charge is 2.14. The zero-order valence-electron chi connectivity index (χ0n) is 27.4. The molecule has 0 saturated heterocycles. The zero-order chi connectivity index (χ0) is 36.4. The van der Waals surface area contributed by atoms with Gasteiger partial charge in [0.25, 0.3) is 11.8 Å². The third-order valence-electron chi connectivity index (χ3n) is 5.99. The van der Waals surface area contributed by atoms with Gasteiger partial charge in [0.15, 0.2) is 5.15 Å². The van der Waals surface area contributed by atoms with Gasteiger partial charge in [-0.1, -0.05) is 66.0 Å². The van der Waals surface area contributed by atoms with Crippen molar-refractivity contribution in [1.29, 1.82) is 0 Å². The van der Waals surface area contributed by atoms with Gasteiger partial charge < -0.3 is 20.5 Å². The van der Waals surface area contributed by atoms with E-state index in [9.17, 15) is 9.59 Å². The van der Waals surface area contributed by atoms with Crippen LogP contribution in [0, 0.1) is 0 Å². The van der Waals surface area contributed by atoms with Gasteiger partial charge in [0, 0.05) is 26.2 Å². The van der Waals surface area contributed by atoms with Crippen LogP contribution in [0.4, 0.5) is 0 Å². The Balaban J connectivity index is 0.000000341. The van der Waals surface area contributed by atoms with Gasteiger partial charge in [0.05, 0.1) is 28.5 Å². The maximum atomic E-state index is 11.7. The summed E-state index contributed by atoms with van der Waals surface area (Å²) >= 11 is 27.8. The predicted octanol–water partition coefficient (Wildman–Crippen LogP) is 8.25. The third kappa shape index (κ3) is 14.8. The summed E-state index contributed by atoms with van der Waals surface area (Å²) in [6.07, 6.45) is 2.67. The smallest absolute Gasteiger partial charge is 0.254 e. The average molecular weight is 762 g/mol. The summed E-state index contributed by atoms with van der Waals surface area (Å²) in [6.45, 7) is 12.3. The number of hydrogen-bond acceptors (Lipinski definition) is 9. The molecule has 0 aliphatic heterocycles. The number of carbonyl (C=O) groups is 2. The first-order valence-corrected chi connectivity index (χ1v) is 16.3. The molecule has 48 heavy (non-hydrogen) atoms. The molecule has 3 N–H and O–H groups in total. The van der Waals surface area contributed by atoms with Crippen LogP contribution in [0.3, 0.4) is 0 Å². The van der Waals surface area contributed by atoms with Crippen LogP contribution in [-0.2, 0) is 0 Å². The minimum atomic E-state index is -0.275. The van der Waals surface area contributed by atoms with Crippen LogP contribution in [0.2, 0.25) is 25.8 Å². The van der Waals surface area contributed by atoms with Crippen molar-refractivity contribution in [2.45, 2.75) is 46.7 Å². The van der Waals surface area contributed by atoms with Crippen molar-refractivity contribution in [1.82, 2.24) is 35.5 Å². The highest BCUT2D eigenvalue weighted by molar-refractivity contribution is 6.41. The van der Waals surface area contributed by atoms with Gasteiger partial charge in [0.1, 0.15) is 16.5 Å². The van der Waals surface area contributed by atoms with Crippen molar-refractivity contribution >= 4 is 69.8 Å². The van der Waals surface area contributed by atoms with Crippen LogP contribution in [0.1, 0.15) is 55.3 Å². The number of benzene rings is 2. The Morgan fingerprint density at radius 1 is 0.771 bits per heavy atom. The number of aromatic hydroxyl groups is 1. The monoisotopic (exact) mass is 759 g/mol. The van der Waals surface area contributed by atoms with E-state index in [-0.39, 0.29) is 44.2 Å². The molecule has 0 radical (unpaired) electrons. The van der Waals surface area contributed by atoms with E-state index < -0.39 is 0 Å². The molecular formula is C32H38Cl5N7O4. The number of phenolic OH excluding ortho intramolecular Hbond substituents is 1. The SMILES string of the molecule is CCN(C(C)C)C(C)C.CNC(=O)c1ccccc1O.CNC(=O)c1ccccc1Oc1nc(Cl)ncc1Cl.Clc1ncc(Cl)c(Cl)n1. The molecule has 4 rings (SSSR count). The highest BCUT2D eigenvalue weighted by Crippen LogP contribution is 2.29. The largest absolute Gasteiger partial charge is 0.507 e. The second-order valence-corrected chi connectivity index (χ2v) is 11.7. The van der Waals surface area contributed by atoms with Crippen LogP contribution < -0.4 is 15.4 Å². The topological polar surface area (TPSA) is 142 Å². The second kappa shape index (κ2) is 22.2. The number of amides is 2. The molecule has 2 aromatic heterocycles. The lowest BCUT2D eigenvalue weighted by Gasteiger charge is -2.28. The van der Waals surface area contributed by atoms with E-state index in [1.807, 2.05) is 0 Å². The molecule has 0 aliphatic rings. The lowest BCUT2D eigenvalue weighted by Crippen LogP contribution is -2.36. The molecule has 0 fully saturated rings. The van der Waals surface area contributed by atoms with Gasteiger partial charge in [-0.3, -0.25) is 14.5 Å². The molecule has 2 aromatic carbocycles. The van der Waals surface area contributed by atoms with Gasteiger partial charge in [-0.25, -0.2) is 15.0 Å². The van der Waals surface area contributed by atoms with Crippen molar-refractivity contribution in [2.24, 2.45) is 0 Å². The number of rotatable bonds is 7. The Bertz CT molecular complexity index is 1610. The molecule has 0 atom stereocenters. The molecule has 11 nitrogen and oxygen atoms in total. The molecule has 0 saturated carbocycles. The number of nitrogens with one attached hydrogen (secondary N) is 2. The van der Waals surface area contributed by atoms with Gasteiger partial charge in [-0.15, -0.1) is 0 Å². The molecular weight excluding hydrogens is 724 g/mol. The number of para-hydroxylation sites is 2. The van der Waals surface area contributed by atoms with E-state index in [1.54, 1.807) is 42.5 Å². The van der Waals surface area contributed by atoms with Crippen molar-refractivity contribution in [3.63, 3.8) is 0 Å². The number of phenols is 1. The van der Waals surface area contributed by atoms with E-state index in [0.29, 0.717) is 34.0 Å². The molecule has 260 valence electrons. The Kier molecular flexibility index (Phi) is 19.7. The molecule has 0 aliphatic carbocycles. The summed E-state index contributed by atoms with van der Waals surface area (Å²) in [7, 11) is 3.06. The van der Waals surface area contributed by atoms with Crippen LogP contribution >= 0.6 is 58.0 Å². The summed E-state index contributed by atoms with van der Waals surface area (Å²) in [5.74, 6) is -0.113. The Morgan fingerprint density at radius 3 is 1.71 bits per heavy atom. The molecule has 0 unspecified atom stereocenters. The number of ether oxygens (including phenoxy) is 1. The first-order chi connectivity index (χ1) is 22.7. The summed E-state index contributed by atoms with van der Waals surface area (Å²) < 4.78 is 5.52. The molecule has 2 amide bonds. The predicted molar refractivity (Wildman–Crippen MR) is 193 cm³/mol. The first kappa shape index (κ1) is 42.6. The van der Waals surface area contributed by atoms with Gasteiger partial charge in [-0.2, -0.15) is 4.98 Å². The van der Waals surface area contributed by atoms with Crippen LogP contribution in [0.25, 0.3) is 0 Å². The van der Waals surface area contributed by atoms with Crippen molar-refractivity contribution in [3.8, 4) is 17.4 Å². The maximum absolute atomic E-state index is 11.7. The molecule has 0 bridgehead atoms. The Labute approximate surface area is 305 Å². The number of nitrogens with zero attached hydrogens (tertiary/aromatic N) is 5. The molecule has 4 aromatic rings. The first-order valence-electron chi connectivity index (χ1n) is 14.4. The standard InChI is InChI=1S/C12H9Cl2N3O2.C8H9NO2.C8H19N.C4HCl3N2/c1-15-10(18)7-4-2-3-5-9(7)19-11-8(13)6-16-12(14)17-11;1-9-8(11)6-4-2-3-5-7(6)10;1-6-9(7(2)3)8(4)5;5-2-1-8-4(7)9-3(2)6/h2-6H,1H3,(H,15,18);2-5,10H,1H3,(H,9,11);7-8H,6H2,1-5H3;1H. The lowest BCUT2D eigenvalue weighted by atomic mass is 10.2. The summed E-state index contributed by atoms with van der Waals surface area (Å²) in [4.78, 5) is 39.8. The number of carbonyl (C=O) groups excluding carboxylic acids is 2. The molecule has 2 heterocycles. The van der Waals surface area contributed by atoms with Crippen molar-refractivity contribution in [3.05, 3.63) is 97.8 Å². The fourth-order valence-corrected chi connectivity index (χ4v) is 4.49. The van der Waals surface area contributed by atoms with E-state index in [1.165, 1.54) is 32.6 Å². The summed E-state index contributed by atoms with van der Waals surface area (Å²) in [5.41, 5.74) is 0.672. The summed E-state index contributed by atoms with van der Waals surface area (Å²) in [6, 6.07) is 14.5. The van der Waals surface area contributed by atoms with E-state index in [4.69, 9.17) is 67.8 Å². The van der Waals surface area contributed by atoms with Gasteiger partial charge in [-0.05, 0) is 81.7 Å². The minimum Gasteiger partial charge on any atom is -0.507 e. The molecule has 0 spiro atoms.